The van der Waals surface area contributed by atoms with Crippen molar-refractivity contribution < 1.29 is 14.4 Å². The molecule has 0 radical (unpaired) electrons. The second-order valence-electron chi connectivity index (χ2n) is 5.81. The lowest BCUT2D eigenvalue weighted by atomic mass is 10.1. The van der Waals surface area contributed by atoms with E-state index in [0.717, 1.165) is 16.3 Å². The molecule has 0 fully saturated rings. The second-order valence-corrected chi connectivity index (χ2v) is 5.81. The average Bonchev–Trinajstić information content (AvgIpc) is 2.51. The van der Waals surface area contributed by atoms with Crippen LogP contribution in [0.1, 0.15) is 26.3 Å². The van der Waals surface area contributed by atoms with Gasteiger partial charge in [0.05, 0.1) is 6.42 Å². The molecule has 2 rings (SSSR count). The molecule has 23 heavy (non-hydrogen) atoms. The minimum atomic E-state index is -0.738. The number of carbonyl (C=O) groups excluding carboxylic acids is 2. The molecule has 2 N–H and O–H groups in total. The normalized spacial score (nSPS) is 12.2. The lowest BCUT2D eigenvalue weighted by Crippen LogP contribution is -2.42. The fraction of sp³-hybridized carbons (Fsp3) is 0.333. The monoisotopic (exact) mass is 314 g/mol. The summed E-state index contributed by atoms with van der Waals surface area (Å²) in [7, 11) is 0. The van der Waals surface area contributed by atoms with Crippen LogP contribution in [0, 0.1) is 0 Å². The van der Waals surface area contributed by atoms with Crippen LogP contribution in [0.25, 0.3) is 10.8 Å². The summed E-state index contributed by atoms with van der Waals surface area (Å²) in [6, 6.07) is 13.9. The molecule has 1 atom stereocenters. The Kier molecular flexibility index (Phi) is 5.71. The Morgan fingerprint density at radius 1 is 1.04 bits per heavy atom. The fourth-order valence-electron chi connectivity index (χ4n) is 2.18. The van der Waals surface area contributed by atoms with Crippen LogP contribution in [0.4, 0.5) is 0 Å². The molecule has 1 unspecified atom stereocenters. The van der Waals surface area contributed by atoms with Crippen LogP contribution in [0.3, 0.4) is 0 Å². The van der Waals surface area contributed by atoms with Gasteiger partial charge in [-0.1, -0.05) is 42.5 Å². The summed E-state index contributed by atoms with van der Waals surface area (Å²) in [5, 5.41) is 4.94. The molecule has 5 heteroatoms. The van der Waals surface area contributed by atoms with Gasteiger partial charge in [0.25, 0.3) is 5.91 Å². The first-order valence-electron chi connectivity index (χ1n) is 7.68. The zero-order valence-electron chi connectivity index (χ0n) is 13.6. The molecular formula is C18H22N2O3. The van der Waals surface area contributed by atoms with E-state index < -0.39 is 6.10 Å². The van der Waals surface area contributed by atoms with Gasteiger partial charge < -0.3 is 5.32 Å². The zero-order chi connectivity index (χ0) is 16.8. The molecule has 0 saturated carbocycles. The first-order valence-corrected chi connectivity index (χ1v) is 7.68. The highest BCUT2D eigenvalue weighted by Gasteiger charge is 2.15. The van der Waals surface area contributed by atoms with Crippen molar-refractivity contribution in [3.8, 4) is 0 Å². The zero-order valence-corrected chi connectivity index (χ0v) is 13.6. The predicted molar refractivity (Wildman–Crippen MR) is 89.6 cm³/mol. The third-order valence-electron chi connectivity index (χ3n) is 3.33. The first-order chi connectivity index (χ1) is 11.0. The highest BCUT2D eigenvalue weighted by Crippen LogP contribution is 2.15. The third-order valence-corrected chi connectivity index (χ3v) is 3.33. The van der Waals surface area contributed by atoms with Crippen LogP contribution in [0.15, 0.2) is 42.5 Å². The largest absolute Gasteiger partial charge is 0.352 e. The Morgan fingerprint density at radius 2 is 1.74 bits per heavy atom. The lowest BCUT2D eigenvalue weighted by Gasteiger charge is -2.15. The van der Waals surface area contributed by atoms with E-state index >= 15 is 0 Å². The number of rotatable bonds is 6. The summed E-state index contributed by atoms with van der Waals surface area (Å²) in [4.78, 5) is 28.7. The Bertz CT molecular complexity index is 697. The maximum Gasteiger partial charge on any atom is 0.251 e. The van der Waals surface area contributed by atoms with Gasteiger partial charge in [0.1, 0.15) is 0 Å². The van der Waals surface area contributed by atoms with E-state index in [1.54, 1.807) is 6.92 Å². The molecule has 2 aromatic rings. The molecule has 122 valence electrons. The Balaban J connectivity index is 1.87. The van der Waals surface area contributed by atoms with Gasteiger partial charge in [-0.2, -0.15) is 0 Å². The number of hydrogen-bond donors (Lipinski definition) is 2. The van der Waals surface area contributed by atoms with Crippen LogP contribution in [0.2, 0.25) is 0 Å². The van der Waals surface area contributed by atoms with Crippen molar-refractivity contribution in [1.29, 1.82) is 0 Å². The number of amides is 2. The smallest absolute Gasteiger partial charge is 0.251 e. The quantitative estimate of drug-likeness (QED) is 0.804. The number of carbonyl (C=O) groups is 2. The van der Waals surface area contributed by atoms with Crippen LogP contribution in [0.5, 0.6) is 0 Å². The van der Waals surface area contributed by atoms with E-state index in [-0.39, 0.29) is 24.3 Å². The van der Waals surface area contributed by atoms with Crippen molar-refractivity contribution in [3.63, 3.8) is 0 Å². The van der Waals surface area contributed by atoms with Gasteiger partial charge in [-0.05, 0) is 37.1 Å². The van der Waals surface area contributed by atoms with E-state index in [4.69, 9.17) is 4.84 Å². The van der Waals surface area contributed by atoms with E-state index in [0.29, 0.717) is 0 Å². The van der Waals surface area contributed by atoms with E-state index in [2.05, 4.69) is 10.8 Å². The highest BCUT2D eigenvalue weighted by molar-refractivity contribution is 5.85. The van der Waals surface area contributed by atoms with Gasteiger partial charge in [-0.15, -0.1) is 0 Å². The molecule has 2 aromatic carbocycles. The summed E-state index contributed by atoms with van der Waals surface area (Å²) in [6.45, 7) is 5.32. The number of nitrogens with one attached hydrogen (secondary N) is 2. The molecule has 0 aliphatic carbocycles. The molecule has 0 aromatic heterocycles. The third kappa shape index (κ3) is 5.07. The standard InChI is InChI=1S/C18H22N2O3/c1-12(2)19-18(22)13(3)23-20-17(21)11-14-8-9-15-6-4-5-7-16(15)10-14/h4-10,12-13H,11H2,1-3H3,(H,19,22)(H,20,21). The van der Waals surface area contributed by atoms with Crippen molar-refractivity contribution >= 4 is 22.6 Å². The highest BCUT2D eigenvalue weighted by atomic mass is 16.7. The molecule has 0 aliphatic rings. The molecule has 0 aliphatic heterocycles. The molecular weight excluding hydrogens is 292 g/mol. The van der Waals surface area contributed by atoms with E-state index in [9.17, 15) is 9.59 Å². The van der Waals surface area contributed by atoms with Crippen molar-refractivity contribution in [3.05, 3.63) is 48.0 Å². The van der Waals surface area contributed by atoms with Crippen LogP contribution < -0.4 is 10.8 Å². The lowest BCUT2D eigenvalue weighted by molar-refractivity contribution is -0.146. The van der Waals surface area contributed by atoms with Gasteiger partial charge in [0, 0.05) is 6.04 Å². The maximum absolute atomic E-state index is 11.9. The SMILES string of the molecule is CC(C)NC(=O)C(C)ONC(=O)Cc1ccc2ccccc2c1. The number of fused-ring (bicyclic) bond motifs is 1. The van der Waals surface area contributed by atoms with Crippen LogP contribution >= 0.6 is 0 Å². The topological polar surface area (TPSA) is 67.4 Å². The van der Waals surface area contributed by atoms with Crippen LogP contribution in [-0.4, -0.2) is 24.0 Å². The number of hydrogen-bond acceptors (Lipinski definition) is 3. The predicted octanol–water partition coefficient (Wildman–Crippen LogP) is 2.34. The number of benzene rings is 2. The van der Waals surface area contributed by atoms with E-state index in [1.807, 2.05) is 56.3 Å². The van der Waals surface area contributed by atoms with Gasteiger partial charge in [-0.3, -0.25) is 14.4 Å². The molecule has 2 amide bonds. The Hall–Kier alpha value is -2.40. The minimum absolute atomic E-state index is 0.0295. The second kappa shape index (κ2) is 7.74. The summed E-state index contributed by atoms with van der Waals surface area (Å²) in [5.74, 6) is -0.546. The van der Waals surface area contributed by atoms with Crippen LogP contribution in [-0.2, 0) is 20.8 Å². The summed E-state index contributed by atoms with van der Waals surface area (Å²) in [5.41, 5.74) is 3.23. The molecule has 5 nitrogen and oxygen atoms in total. The van der Waals surface area contributed by atoms with Gasteiger partial charge >= 0.3 is 0 Å². The average molecular weight is 314 g/mol. The molecule has 0 spiro atoms. The minimum Gasteiger partial charge on any atom is -0.352 e. The molecule has 0 heterocycles. The van der Waals surface area contributed by atoms with Crippen molar-refractivity contribution in [2.75, 3.05) is 0 Å². The van der Waals surface area contributed by atoms with E-state index in [1.165, 1.54) is 0 Å². The van der Waals surface area contributed by atoms with Crippen molar-refractivity contribution in [1.82, 2.24) is 10.8 Å². The summed E-state index contributed by atoms with van der Waals surface area (Å²) < 4.78 is 0. The molecule has 0 saturated heterocycles. The summed E-state index contributed by atoms with van der Waals surface area (Å²) >= 11 is 0. The van der Waals surface area contributed by atoms with Crippen molar-refractivity contribution in [2.45, 2.75) is 39.3 Å². The van der Waals surface area contributed by atoms with Gasteiger partial charge in [-0.25, -0.2) is 5.48 Å². The van der Waals surface area contributed by atoms with Gasteiger partial charge in [0.2, 0.25) is 5.91 Å². The molecule has 0 bridgehead atoms. The first kappa shape index (κ1) is 17.0. The number of hydroxylamine groups is 1. The maximum atomic E-state index is 11.9. The summed E-state index contributed by atoms with van der Waals surface area (Å²) in [6.07, 6.45) is -0.540. The van der Waals surface area contributed by atoms with Gasteiger partial charge in [0.15, 0.2) is 6.10 Å². The fourth-order valence-corrected chi connectivity index (χ4v) is 2.18. The van der Waals surface area contributed by atoms with Crippen molar-refractivity contribution in [2.24, 2.45) is 0 Å². The Morgan fingerprint density at radius 3 is 2.43 bits per heavy atom. The Labute approximate surface area is 136 Å².